The standard InChI is InChI=1S/C47H27N3O/c1-2-11-30(12-3-1)45-48-46(33-21-20-28-10-4-5-13-31(28)24-33)50-47(49-45)40-26-34(27-42-44(40)38-16-6-7-19-41(38)51-42)32-22-23-35-36-17-8-14-29-15-9-18-37(43(29)36)39(35)25-32/h1-27H. The monoisotopic (exact) mass is 649 g/mol. The van der Waals surface area contributed by atoms with E-state index in [1.165, 1.54) is 38.4 Å². The molecule has 0 fully saturated rings. The second kappa shape index (κ2) is 10.8. The fourth-order valence-corrected chi connectivity index (χ4v) is 7.84. The molecular formula is C47H27N3O. The number of aromatic nitrogens is 3. The second-order valence-corrected chi connectivity index (χ2v) is 13.2. The zero-order valence-corrected chi connectivity index (χ0v) is 27.3. The van der Waals surface area contributed by atoms with Gasteiger partial charge in [0.25, 0.3) is 0 Å². The van der Waals surface area contributed by atoms with E-state index in [-0.39, 0.29) is 0 Å². The van der Waals surface area contributed by atoms with Crippen LogP contribution in [-0.4, -0.2) is 15.0 Å². The molecule has 0 saturated heterocycles. The zero-order valence-electron chi connectivity index (χ0n) is 27.3. The average Bonchev–Trinajstić information content (AvgIpc) is 3.74. The van der Waals surface area contributed by atoms with Crippen molar-refractivity contribution in [2.75, 3.05) is 0 Å². The van der Waals surface area contributed by atoms with E-state index >= 15 is 0 Å². The van der Waals surface area contributed by atoms with Crippen LogP contribution in [0.1, 0.15) is 0 Å². The van der Waals surface area contributed by atoms with E-state index in [4.69, 9.17) is 19.4 Å². The maximum absolute atomic E-state index is 6.57. The van der Waals surface area contributed by atoms with Crippen LogP contribution in [0.2, 0.25) is 0 Å². The number of fused-ring (bicyclic) bond motifs is 7. The lowest BCUT2D eigenvalue weighted by molar-refractivity contribution is 0.669. The number of hydrogen-bond donors (Lipinski definition) is 0. The van der Waals surface area contributed by atoms with Gasteiger partial charge in [-0.15, -0.1) is 0 Å². The number of para-hydroxylation sites is 1. The van der Waals surface area contributed by atoms with Crippen LogP contribution >= 0.6 is 0 Å². The number of nitrogens with zero attached hydrogens (tertiary/aromatic N) is 3. The first kappa shape index (κ1) is 28.0. The normalized spacial score (nSPS) is 11.9. The summed E-state index contributed by atoms with van der Waals surface area (Å²) in [6.07, 6.45) is 0. The Morgan fingerprint density at radius 2 is 0.980 bits per heavy atom. The van der Waals surface area contributed by atoms with Crippen LogP contribution in [0.5, 0.6) is 0 Å². The Kier molecular flexibility index (Phi) is 5.92. The topological polar surface area (TPSA) is 51.8 Å². The molecule has 0 amide bonds. The summed E-state index contributed by atoms with van der Waals surface area (Å²) < 4.78 is 6.57. The van der Waals surface area contributed by atoms with Gasteiger partial charge >= 0.3 is 0 Å². The van der Waals surface area contributed by atoms with E-state index in [2.05, 4.69) is 121 Å². The van der Waals surface area contributed by atoms with Gasteiger partial charge in [-0.3, -0.25) is 0 Å². The molecule has 4 nitrogen and oxygen atoms in total. The molecule has 51 heavy (non-hydrogen) atoms. The van der Waals surface area contributed by atoms with Crippen LogP contribution in [-0.2, 0) is 0 Å². The third kappa shape index (κ3) is 4.37. The Bertz CT molecular complexity index is 3030. The molecule has 0 aliphatic heterocycles. The van der Waals surface area contributed by atoms with Gasteiger partial charge in [0.1, 0.15) is 11.2 Å². The third-order valence-corrected chi connectivity index (χ3v) is 10.2. The van der Waals surface area contributed by atoms with Crippen molar-refractivity contribution in [3.63, 3.8) is 0 Å². The van der Waals surface area contributed by atoms with E-state index in [1.54, 1.807) is 0 Å². The highest BCUT2D eigenvalue weighted by molar-refractivity contribution is 6.16. The van der Waals surface area contributed by atoms with Gasteiger partial charge in [0.2, 0.25) is 0 Å². The molecule has 4 heteroatoms. The number of benzene rings is 8. The largest absolute Gasteiger partial charge is 0.456 e. The first-order valence-electron chi connectivity index (χ1n) is 17.2. The van der Waals surface area contributed by atoms with Crippen molar-refractivity contribution in [1.29, 1.82) is 0 Å². The lowest BCUT2D eigenvalue weighted by Gasteiger charge is -2.12. The van der Waals surface area contributed by atoms with Gasteiger partial charge in [0.05, 0.1) is 0 Å². The van der Waals surface area contributed by atoms with Gasteiger partial charge in [-0.25, -0.2) is 15.0 Å². The van der Waals surface area contributed by atoms with Crippen LogP contribution in [0.3, 0.4) is 0 Å². The van der Waals surface area contributed by atoms with Gasteiger partial charge in [-0.2, -0.15) is 0 Å². The highest BCUT2D eigenvalue weighted by Crippen LogP contribution is 2.49. The Balaban J connectivity index is 1.16. The Morgan fingerprint density at radius 3 is 1.84 bits per heavy atom. The SMILES string of the molecule is c1ccc(-c2nc(-c3ccc4ccccc4c3)nc(-c3cc(-c4ccc5c(c4)-c4cccc6cccc-5c46)cc4oc5ccccc5c34)n2)cc1. The van der Waals surface area contributed by atoms with E-state index in [9.17, 15) is 0 Å². The van der Waals surface area contributed by atoms with E-state index in [0.717, 1.165) is 55.1 Å². The van der Waals surface area contributed by atoms with Crippen molar-refractivity contribution in [3.8, 4) is 67.5 Å². The summed E-state index contributed by atoms with van der Waals surface area (Å²) in [7, 11) is 0. The van der Waals surface area contributed by atoms with E-state index in [0.29, 0.717) is 17.5 Å². The minimum atomic E-state index is 0.601. The highest BCUT2D eigenvalue weighted by Gasteiger charge is 2.23. The summed E-state index contributed by atoms with van der Waals surface area (Å²) in [6, 6.07) is 57.4. The van der Waals surface area contributed by atoms with Crippen molar-refractivity contribution < 1.29 is 4.42 Å². The van der Waals surface area contributed by atoms with Crippen LogP contribution in [0.4, 0.5) is 0 Å². The molecule has 0 radical (unpaired) electrons. The van der Waals surface area contributed by atoms with Gasteiger partial charge < -0.3 is 4.42 Å². The number of furan rings is 1. The second-order valence-electron chi connectivity index (χ2n) is 13.2. The molecule has 0 unspecified atom stereocenters. The average molecular weight is 650 g/mol. The summed E-state index contributed by atoms with van der Waals surface area (Å²) >= 11 is 0. The van der Waals surface area contributed by atoms with Gasteiger partial charge in [-0.05, 0) is 85.3 Å². The summed E-state index contributed by atoms with van der Waals surface area (Å²) in [6.45, 7) is 0. The van der Waals surface area contributed by atoms with E-state index in [1.807, 2.05) is 42.5 Å². The van der Waals surface area contributed by atoms with E-state index < -0.39 is 0 Å². The molecule has 1 aliphatic carbocycles. The molecular weight excluding hydrogens is 623 g/mol. The quantitative estimate of drug-likeness (QED) is 0.190. The van der Waals surface area contributed by atoms with Crippen molar-refractivity contribution >= 4 is 43.5 Å². The van der Waals surface area contributed by atoms with Gasteiger partial charge in [-0.1, -0.05) is 133 Å². The van der Waals surface area contributed by atoms with Crippen LogP contribution < -0.4 is 0 Å². The molecule has 1 aliphatic rings. The predicted molar refractivity (Wildman–Crippen MR) is 208 cm³/mol. The summed E-state index contributed by atoms with van der Waals surface area (Å²) in [5.41, 5.74) is 11.6. The first-order chi connectivity index (χ1) is 25.2. The fraction of sp³-hybridized carbons (Fsp3) is 0. The lowest BCUT2D eigenvalue weighted by atomic mass is 9.94. The molecule has 0 bridgehead atoms. The molecule has 0 saturated carbocycles. The highest BCUT2D eigenvalue weighted by atomic mass is 16.3. The lowest BCUT2D eigenvalue weighted by Crippen LogP contribution is -2.00. The molecule has 2 aromatic heterocycles. The Labute approximate surface area is 293 Å². The molecule has 0 spiro atoms. The minimum absolute atomic E-state index is 0.601. The van der Waals surface area contributed by atoms with Crippen molar-refractivity contribution in [3.05, 3.63) is 164 Å². The first-order valence-corrected chi connectivity index (χ1v) is 17.2. The number of rotatable bonds is 4. The van der Waals surface area contributed by atoms with Crippen molar-refractivity contribution in [2.45, 2.75) is 0 Å². The Hall–Kier alpha value is -6.91. The molecule has 10 aromatic rings. The fourth-order valence-electron chi connectivity index (χ4n) is 7.84. The van der Waals surface area contributed by atoms with Crippen molar-refractivity contribution in [1.82, 2.24) is 15.0 Å². The zero-order chi connectivity index (χ0) is 33.5. The summed E-state index contributed by atoms with van der Waals surface area (Å²) in [4.78, 5) is 15.5. The molecule has 236 valence electrons. The van der Waals surface area contributed by atoms with Crippen molar-refractivity contribution in [2.24, 2.45) is 0 Å². The number of hydrogen-bond acceptors (Lipinski definition) is 4. The van der Waals surface area contributed by atoms with Crippen LogP contribution in [0, 0.1) is 0 Å². The third-order valence-electron chi connectivity index (χ3n) is 10.2. The maximum Gasteiger partial charge on any atom is 0.164 e. The molecule has 11 rings (SSSR count). The summed E-state index contributed by atoms with van der Waals surface area (Å²) in [5, 5.41) is 6.91. The van der Waals surface area contributed by atoms with Gasteiger partial charge in [0.15, 0.2) is 17.5 Å². The maximum atomic E-state index is 6.57. The van der Waals surface area contributed by atoms with Crippen LogP contribution in [0.15, 0.2) is 168 Å². The van der Waals surface area contributed by atoms with Crippen LogP contribution in [0.25, 0.3) is 111 Å². The minimum Gasteiger partial charge on any atom is -0.456 e. The summed E-state index contributed by atoms with van der Waals surface area (Å²) in [5.74, 6) is 1.85. The molecule has 0 atom stereocenters. The predicted octanol–water partition coefficient (Wildman–Crippen LogP) is 12.4. The molecule has 8 aromatic carbocycles. The molecule has 0 N–H and O–H groups in total. The molecule has 2 heterocycles. The smallest absolute Gasteiger partial charge is 0.164 e. The van der Waals surface area contributed by atoms with Gasteiger partial charge in [0, 0.05) is 27.5 Å². The Morgan fingerprint density at radius 1 is 0.314 bits per heavy atom.